The van der Waals surface area contributed by atoms with Gasteiger partial charge in [0, 0.05) is 38.2 Å². The number of nitrogens with zero attached hydrogens (tertiary/aromatic N) is 2. The van der Waals surface area contributed by atoms with Crippen LogP contribution in [-0.4, -0.2) is 62.1 Å². The van der Waals surface area contributed by atoms with E-state index in [0.717, 1.165) is 24.2 Å². The zero-order valence-electron chi connectivity index (χ0n) is 14.0. The minimum Gasteiger partial charge on any atom is -0.493 e. The highest BCUT2D eigenvalue weighted by Gasteiger charge is 2.29. The average molecular weight is 352 g/mol. The van der Waals surface area contributed by atoms with Crippen molar-refractivity contribution >= 4 is 15.9 Å². The van der Waals surface area contributed by atoms with E-state index in [4.69, 9.17) is 4.74 Å². The van der Waals surface area contributed by atoms with Crippen molar-refractivity contribution in [1.82, 2.24) is 9.21 Å². The summed E-state index contributed by atoms with van der Waals surface area (Å²) < 4.78 is 31.4. The quantitative estimate of drug-likeness (QED) is 0.806. The summed E-state index contributed by atoms with van der Waals surface area (Å²) in [5.74, 6) is 1.02. The molecule has 0 saturated carbocycles. The molecule has 1 aromatic rings. The van der Waals surface area contributed by atoms with Crippen LogP contribution < -0.4 is 4.74 Å². The van der Waals surface area contributed by atoms with Crippen LogP contribution in [0.5, 0.6) is 5.75 Å². The molecule has 0 aliphatic carbocycles. The van der Waals surface area contributed by atoms with Gasteiger partial charge in [-0.25, -0.2) is 8.42 Å². The first-order valence-electron chi connectivity index (χ1n) is 8.54. The minimum atomic E-state index is -3.19. The number of piperazine rings is 1. The second kappa shape index (κ2) is 7.11. The first-order valence-corrected chi connectivity index (χ1v) is 10.1. The molecule has 1 aromatic carbocycles. The monoisotopic (exact) mass is 352 g/mol. The Hall–Kier alpha value is -1.60. The van der Waals surface area contributed by atoms with Gasteiger partial charge in [0.15, 0.2) is 0 Å². The molecule has 0 atom stereocenters. The highest BCUT2D eigenvalue weighted by Crippen LogP contribution is 2.26. The van der Waals surface area contributed by atoms with Crippen molar-refractivity contribution < 1.29 is 17.9 Å². The van der Waals surface area contributed by atoms with E-state index in [-0.39, 0.29) is 11.7 Å². The molecule has 1 amide bonds. The maximum absolute atomic E-state index is 12.6. The maximum atomic E-state index is 12.6. The van der Waals surface area contributed by atoms with Crippen molar-refractivity contribution in [3.63, 3.8) is 0 Å². The summed E-state index contributed by atoms with van der Waals surface area (Å²) in [6.07, 6.45) is 2.37. The Morgan fingerprint density at radius 1 is 1.21 bits per heavy atom. The van der Waals surface area contributed by atoms with E-state index in [9.17, 15) is 13.2 Å². The van der Waals surface area contributed by atoms with Gasteiger partial charge in [0.05, 0.1) is 12.4 Å². The lowest BCUT2D eigenvalue weighted by Crippen LogP contribution is -2.51. The van der Waals surface area contributed by atoms with Gasteiger partial charge in [0.1, 0.15) is 5.75 Å². The zero-order chi connectivity index (χ0) is 17.2. The topological polar surface area (TPSA) is 66.9 Å². The minimum absolute atomic E-state index is 0.0321. The predicted octanol–water partition coefficient (Wildman–Crippen LogP) is 1.51. The van der Waals surface area contributed by atoms with E-state index in [2.05, 4.69) is 0 Å². The van der Waals surface area contributed by atoms with E-state index in [1.54, 1.807) is 11.0 Å². The number of hydrogen-bond donors (Lipinski definition) is 0. The molecular weight excluding hydrogens is 328 g/mol. The maximum Gasteiger partial charge on any atom is 0.253 e. The highest BCUT2D eigenvalue weighted by atomic mass is 32.2. The molecule has 1 saturated heterocycles. The molecular formula is C17H24N2O4S. The van der Waals surface area contributed by atoms with Crippen molar-refractivity contribution in [3.8, 4) is 5.75 Å². The molecule has 24 heavy (non-hydrogen) atoms. The average Bonchev–Trinajstić information content (AvgIpc) is 3.07. The largest absolute Gasteiger partial charge is 0.493 e. The summed E-state index contributed by atoms with van der Waals surface area (Å²) in [4.78, 5) is 14.4. The molecule has 3 rings (SSSR count). The van der Waals surface area contributed by atoms with Crippen molar-refractivity contribution in [2.45, 2.75) is 26.2 Å². The van der Waals surface area contributed by atoms with E-state index in [1.807, 2.05) is 19.1 Å². The number of ether oxygens (including phenoxy) is 1. The Labute approximate surface area is 143 Å². The second-order valence-corrected chi connectivity index (χ2v) is 8.37. The summed E-state index contributed by atoms with van der Waals surface area (Å²) >= 11 is 0. The summed E-state index contributed by atoms with van der Waals surface area (Å²) in [5, 5.41) is 0. The summed E-state index contributed by atoms with van der Waals surface area (Å²) in [7, 11) is -3.19. The highest BCUT2D eigenvalue weighted by molar-refractivity contribution is 7.89. The Kier molecular flexibility index (Phi) is 5.10. The lowest BCUT2D eigenvalue weighted by atomic mass is 10.1. The van der Waals surface area contributed by atoms with Crippen molar-refractivity contribution in [3.05, 3.63) is 29.3 Å². The van der Waals surface area contributed by atoms with Crippen LogP contribution in [0, 0.1) is 0 Å². The van der Waals surface area contributed by atoms with Gasteiger partial charge in [-0.15, -0.1) is 0 Å². The third-order valence-electron chi connectivity index (χ3n) is 4.61. The molecule has 6 nitrogen and oxygen atoms in total. The van der Waals surface area contributed by atoms with Gasteiger partial charge in [-0.05, 0) is 30.2 Å². The Morgan fingerprint density at radius 3 is 2.67 bits per heavy atom. The molecule has 7 heteroatoms. The molecule has 0 spiro atoms. The van der Waals surface area contributed by atoms with Gasteiger partial charge < -0.3 is 9.64 Å². The zero-order valence-corrected chi connectivity index (χ0v) is 14.8. The third kappa shape index (κ3) is 3.57. The van der Waals surface area contributed by atoms with Crippen molar-refractivity contribution in [2.75, 3.05) is 38.5 Å². The molecule has 1 fully saturated rings. The van der Waals surface area contributed by atoms with Crippen LogP contribution in [0.3, 0.4) is 0 Å². The van der Waals surface area contributed by atoms with Crippen LogP contribution in [0.1, 0.15) is 35.7 Å². The number of carbonyl (C=O) groups is 1. The van der Waals surface area contributed by atoms with Gasteiger partial charge in [0.2, 0.25) is 10.0 Å². The van der Waals surface area contributed by atoms with Crippen LogP contribution in [0.2, 0.25) is 0 Å². The number of fused-ring (bicyclic) bond motifs is 1. The molecule has 2 heterocycles. The molecule has 0 aromatic heterocycles. The first kappa shape index (κ1) is 17.2. The fourth-order valence-corrected chi connectivity index (χ4v) is 4.76. The van der Waals surface area contributed by atoms with Crippen LogP contribution in [0.4, 0.5) is 0 Å². The molecule has 2 aliphatic rings. The molecule has 132 valence electrons. The molecule has 0 radical (unpaired) electrons. The van der Waals surface area contributed by atoms with Crippen LogP contribution >= 0.6 is 0 Å². The van der Waals surface area contributed by atoms with Gasteiger partial charge in [-0.1, -0.05) is 13.3 Å². The van der Waals surface area contributed by atoms with Gasteiger partial charge in [-0.3, -0.25) is 4.79 Å². The third-order valence-corrected chi connectivity index (χ3v) is 6.57. The Bertz CT molecular complexity index is 709. The number of unbranched alkanes of at least 4 members (excludes halogenated alkanes) is 1. The number of hydrogen-bond acceptors (Lipinski definition) is 4. The standard InChI is InChI=1S/C17H24N2O4S/c1-2-3-12-24(21,22)19-9-7-18(8-10-19)17(20)15-4-5-16-14(13-15)6-11-23-16/h4-5,13H,2-3,6-12H2,1H3. The number of benzene rings is 1. The van der Waals surface area contributed by atoms with Gasteiger partial charge >= 0.3 is 0 Å². The molecule has 0 unspecified atom stereocenters. The summed E-state index contributed by atoms with van der Waals surface area (Å²) in [6.45, 7) is 4.29. The fourth-order valence-electron chi connectivity index (χ4n) is 3.13. The molecule has 2 aliphatic heterocycles. The number of amides is 1. The van der Waals surface area contributed by atoms with Gasteiger partial charge in [0.25, 0.3) is 5.91 Å². The van der Waals surface area contributed by atoms with Gasteiger partial charge in [-0.2, -0.15) is 4.31 Å². The molecule has 0 bridgehead atoms. The Morgan fingerprint density at radius 2 is 1.96 bits per heavy atom. The van der Waals surface area contributed by atoms with Crippen molar-refractivity contribution in [1.29, 1.82) is 0 Å². The predicted molar refractivity (Wildman–Crippen MR) is 91.8 cm³/mol. The number of carbonyl (C=O) groups excluding carboxylic acids is 1. The first-order chi connectivity index (χ1) is 11.5. The lowest BCUT2D eigenvalue weighted by Gasteiger charge is -2.34. The Balaban J connectivity index is 1.61. The van der Waals surface area contributed by atoms with Crippen molar-refractivity contribution in [2.24, 2.45) is 0 Å². The summed E-state index contributed by atoms with van der Waals surface area (Å²) in [5.41, 5.74) is 1.73. The SMILES string of the molecule is CCCCS(=O)(=O)N1CCN(C(=O)c2ccc3c(c2)CCO3)CC1. The fraction of sp³-hybridized carbons (Fsp3) is 0.588. The number of sulfonamides is 1. The van der Waals surface area contributed by atoms with E-state index in [0.29, 0.717) is 44.8 Å². The lowest BCUT2D eigenvalue weighted by molar-refractivity contribution is 0.0698. The van der Waals surface area contributed by atoms with E-state index < -0.39 is 10.0 Å². The second-order valence-electron chi connectivity index (χ2n) is 6.28. The van der Waals surface area contributed by atoms with Crippen LogP contribution in [0.15, 0.2) is 18.2 Å². The smallest absolute Gasteiger partial charge is 0.253 e. The van der Waals surface area contributed by atoms with E-state index >= 15 is 0 Å². The summed E-state index contributed by atoms with van der Waals surface area (Å²) in [6, 6.07) is 5.53. The number of rotatable bonds is 5. The normalized spacial score (nSPS) is 18.3. The van der Waals surface area contributed by atoms with E-state index in [1.165, 1.54) is 4.31 Å². The van der Waals surface area contributed by atoms with Crippen LogP contribution in [0.25, 0.3) is 0 Å². The molecule has 0 N–H and O–H groups in total. The van der Waals surface area contributed by atoms with Crippen LogP contribution in [-0.2, 0) is 16.4 Å².